The van der Waals surface area contributed by atoms with Gasteiger partial charge in [-0.25, -0.2) is 0 Å². The Balaban J connectivity index is 2.47. The molecular formula is C15H27N3O. The Hall–Kier alpha value is -1.08. The number of hydrogen-bond donors (Lipinski definition) is 1. The molecule has 19 heavy (non-hydrogen) atoms. The van der Waals surface area contributed by atoms with Crippen LogP contribution in [-0.2, 0) is 4.79 Å². The fourth-order valence-electron chi connectivity index (χ4n) is 2.68. The number of carbonyl (C=O) groups is 1. The van der Waals surface area contributed by atoms with Crippen LogP contribution in [-0.4, -0.2) is 37.0 Å². The molecule has 1 saturated carbocycles. The summed E-state index contributed by atoms with van der Waals surface area (Å²) >= 11 is 0. The van der Waals surface area contributed by atoms with Gasteiger partial charge in [-0.3, -0.25) is 9.69 Å². The van der Waals surface area contributed by atoms with Gasteiger partial charge < -0.3 is 5.32 Å². The van der Waals surface area contributed by atoms with Gasteiger partial charge in [-0.2, -0.15) is 5.26 Å². The number of likely N-dealkylation sites (N-methyl/N-ethyl adjacent to an activating group) is 1. The van der Waals surface area contributed by atoms with Gasteiger partial charge in [0.05, 0.1) is 18.5 Å². The predicted octanol–water partition coefficient (Wildman–Crippen LogP) is 2.16. The molecule has 2 atom stereocenters. The van der Waals surface area contributed by atoms with Crippen molar-refractivity contribution in [3.63, 3.8) is 0 Å². The highest BCUT2D eigenvalue weighted by Crippen LogP contribution is 2.26. The number of nitriles is 1. The van der Waals surface area contributed by atoms with Gasteiger partial charge in [0.15, 0.2) is 0 Å². The van der Waals surface area contributed by atoms with Crippen LogP contribution >= 0.6 is 0 Å². The molecule has 0 saturated heterocycles. The molecule has 4 heteroatoms. The van der Waals surface area contributed by atoms with E-state index in [4.69, 9.17) is 0 Å². The van der Waals surface area contributed by atoms with Gasteiger partial charge in [-0.05, 0) is 25.8 Å². The van der Waals surface area contributed by atoms with Crippen LogP contribution in [0, 0.1) is 23.2 Å². The van der Waals surface area contributed by atoms with E-state index in [9.17, 15) is 10.1 Å². The molecule has 0 aromatic rings. The Kier molecular flexibility index (Phi) is 6.86. The lowest BCUT2D eigenvalue weighted by molar-refractivity contribution is -0.122. The minimum atomic E-state index is 0.0668. The second-order valence-electron chi connectivity index (χ2n) is 6.05. The van der Waals surface area contributed by atoms with E-state index in [1.165, 1.54) is 12.8 Å². The fraction of sp³-hybridized carbons (Fsp3) is 0.867. The summed E-state index contributed by atoms with van der Waals surface area (Å²) in [6.07, 6.45) is 5.52. The van der Waals surface area contributed by atoms with Crippen LogP contribution in [0.5, 0.6) is 0 Å². The van der Waals surface area contributed by atoms with Crippen LogP contribution in [0.15, 0.2) is 0 Å². The molecule has 108 valence electrons. The Labute approximate surface area is 117 Å². The normalized spacial score (nSPS) is 24.0. The molecule has 0 aromatic heterocycles. The first-order valence-corrected chi connectivity index (χ1v) is 7.41. The molecule has 1 fully saturated rings. The lowest BCUT2D eigenvalue weighted by Crippen LogP contribution is -2.44. The zero-order chi connectivity index (χ0) is 14.3. The average molecular weight is 265 g/mol. The molecule has 1 rings (SSSR count). The zero-order valence-electron chi connectivity index (χ0n) is 12.5. The summed E-state index contributed by atoms with van der Waals surface area (Å²) in [4.78, 5) is 13.9. The smallest absolute Gasteiger partial charge is 0.234 e. The first kappa shape index (κ1) is 16.0. The van der Waals surface area contributed by atoms with E-state index in [-0.39, 0.29) is 17.9 Å². The lowest BCUT2D eigenvalue weighted by atomic mass is 9.95. The number of nitrogens with one attached hydrogen (secondary N) is 1. The summed E-state index contributed by atoms with van der Waals surface area (Å²) in [5.41, 5.74) is 0. The zero-order valence-corrected chi connectivity index (χ0v) is 12.5. The summed E-state index contributed by atoms with van der Waals surface area (Å²) < 4.78 is 0. The van der Waals surface area contributed by atoms with Crippen molar-refractivity contribution in [1.82, 2.24) is 10.2 Å². The molecule has 4 nitrogen and oxygen atoms in total. The van der Waals surface area contributed by atoms with Crippen LogP contribution in [0.4, 0.5) is 0 Å². The molecule has 0 aliphatic heterocycles. The first-order valence-electron chi connectivity index (χ1n) is 7.41. The molecule has 1 N–H and O–H groups in total. The van der Waals surface area contributed by atoms with E-state index in [0.717, 1.165) is 25.8 Å². The summed E-state index contributed by atoms with van der Waals surface area (Å²) in [5, 5.41) is 12.2. The van der Waals surface area contributed by atoms with E-state index in [1.54, 1.807) is 0 Å². The summed E-state index contributed by atoms with van der Waals surface area (Å²) in [6, 6.07) is 2.66. The van der Waals surface area contributed by atoms with Gasteiger partial charge >= 0.3 is 0 Å². The topological polar surface area (TPSA) is 56.1 Å². The van der Waals surface area contributed by atoms with E-state index in [0.29, 0.717) is 12.5 Å². The van der Waals surface area contributed by atoms with Gasteiger partial charge in [0.2, 0.25) is 5.91 Å². The lowest BCUT2D eigenvalue weighted by Gasteiger charge is -2.29. The van der Waals surface area contributed by atoms with Gasteiger partial charge in [0, 0.05) is 12.6 Å². The molecule has 0 spiro atoms. The molecule has 0 aromatic carbocycles. The van der Waals surface area contributed by atoms with E-state index < -0.39 is 0 Å². The van der Waals surface area contributed by atoms with Crippen LogP contribution < -0.4 is 5.32 Å². The van der Waals surface area contributed by atoms with Crippen molar-refractivity contribution in [2.75, 3.05) is 20.1 Å². The minimum absolute atomic E-state index is 0.0668. The van der Waals surface area contributed by atoms with E-state index in [1.807, 2.05) is 7.05 Å². The third-order valence-electron chi connectivity index (χ3n) is 3.81. The highest BCUT2D eigenvalue weighted by atomic mass is 16.2. The second kappa shape index (κ2) is 8.16. The van der Waals surface area contributed by atoms with Gasteiger partial charge in [-0.1, -0.05) is 33.1 Å². The third kappa shape index (κ3) is 5.61. The molecule has 1 aliphatic rings. The molecule has 2 unspecified atom stereocenters. The summed E-state index contributed by atoms with van der Waals surface area (Å²) in [5.74, 6) is 0.613. The molecule has 1 amide bonds. The van der Waals surface area contributed by atoms with Crippen LogP contribution in [0.25, 0.3) is 0 Å². The Morgan fingerprint density at radius 3 is 2.68 bits per heavy atom. The highest BCUT2D eigenvalue weighted by Gasteiger charge is 2.27. The van der Waals surface area contributed by atoms with E-state index >= 15 is 0 Å². The fourth-order valence-corrected chi connectivity index (χ4v) is 2.68. The van der Waals surface area contributed by atoms with Crippen molar-refractivity contribution in [1.29, 1.82) is 5.26 Å². The van der Waals surface area contributed by atoms with Gasteiger partial charge in [0.1, 0.15) is 0 Å². The largest absolute Gasteiger partial charge is 0.355 e. The quantitative estimate of drug-likeness (QED) is 0.775. The SMILES string of the molecule is CC(C)CNC(=O)CN(C)C1CCCCCC1C#N. The van der Waals surface area contributed by atoms with Crippen molar-refractivity contribution in [2.24, 2.45) is 11.8 Å². The monoisotopic (exact) mass is 265 g/mol. The maximum atomic E-state index is 11.8. The predicted molar refractivity (Wildman–Crippen MR) is 76.5 cm³/mol. The Morgan fingerprint density at radius 1 is 1.37 bits per heavy atom. The first-order chi connectivity index (χ1) is 9.04. The Morgan fingerprint density at radius 2 is 2.05 bits per heavy atom. The maximum absolute atomic E-state index is 11.8. The number of hydrogen-bond acceptors (Lipinski definition) is 3. The molecule has 0 radical (unpaired) electrons. The standard InChI is InChI=1S/C15H27N3O/c1-12(2)10-17-15(19)11-18(3)14-8-6-4-5-7-13(14)9-16/h12-14H,4-8,10-11H2,1-3H3,(H,17,19). The van der Waals surface area contributed by atoms with Crippen LogP contribution in [0.2, 0.25) is 0 Å². The van der Waals surface area contributed by atoms with Crippen molar-refractivity contribution < 1.29 is 4.79 Å². The molecule has 1 aliphatic carbocycles. The number of rotatable bonds is 5. The maximum Gasteiger partial charge on any atom is 0.234 e. The van der Waals surface area contributed by atoms with Crippen molar-refractivity contribution in [2.45, 2.75) is 52.0 Å². The van der Waals surface area contributed by atoms with E-state index in [2.05, 4.69) is 30.1 Å². The van der Waals surface area contributed by atoms with Crippen LogP contribution in [0.1, 0.15) is 46.0 Å². The molecular weight excluding hydrogens is 238 g/mol. The summed E-state index contributed by atoms with van der Waals surface area (Å²) in [6.45, 7) is 5.29. The molecule has 0 heterocycles. The van der Waals surface area contributed by atoms with Crippen LogP contribution in [0.3, 0.4) is 0 Å². The minimum Gasteiger partial charge on any atom is -0.355 e. The Bertz CT molecular complexity index is 322. The van der Waals surface area contributed by atoms with Crippen molar-refractivity contribution >= 4 is 5.91 Å². The van der Waals surface area contributed by atoms with Gasteiger partial charge in [-0.15, -0.1) is 0 Å². The second-order valence-corrected chi connectivity index (χ2v) is 6.05. The number of nitrogens with zero attached hydrogens (tertiary/aromatic N) is 2. The third-order valence-corrected chi connectivity index (χ3v) is 3.81. The van der Waals surface area contributed by atoms with Crippen molar-refractivity contribution in [3.05, 3.63) is 0 Å². The summed E-state index contributed by atoms with van der Waals surface area (Å²) in [7, 11) is 1.97. The average Bonchev–Trinajstić information content (AvgIpc) is 2.61. The highest BCUT2D eigenvalue weighted by molar-refractivity contribution is 5.78. The number of carbonyl (C=O) groups excluding carboxylic acids is 1. The van der Waals surface area contributed by atoms with Crippen molar-refractivity contribution in [3.8, 4) is 6.07 Å². The van der Waals surface area contributed by atoms with Gasteiger partial charge in [0.25, 0.3) is 0 Å². The number of amides is 1. The molecule has 0 bridgehead atoms.